The Morgan fingerprint density at radius 3 is 2.45 bits per heavy atom. The molecule has 0 radical (unpaired) electrons. The molecule has 2 aromatic carbocycles. The van der Waals surface area contributed by atoms with Crippen molar-refractivity contribution in [2.45, 2.75) is 37.9 Å². The maximum atomic E-state index is 14.2. The van der Waals surface area contributed by atoms with Gasteiger partial charge in [0.25, 0.3) is 0 Å². The van der Waals surface area contributed by atoms with Gasteiger partial charge >= 0.3 is 6.36 Å². The lowest BCUT2D eigenvalue weighted by Gasteiger charge is -2.36. The van der Waals surface area contributed by atoms with Crippen molar-refractivity contribution in [1.29, 1.82) is 0 Å². The SMILES string of the molecule is Fc1ccc2cnccc2c1CNC1CC(Oc2ccc(OC(F)(F)F)cc2)C1. The number of ether oxygens (including phenoxy) is 2. The number of nitrogens with zero attached hydrogens (tertiary/aromatic N) is 1. The number of halogens is 4. The number of pyridine rings is 1. The average molecular weight is 406 g/mol. The fourth-order valence-corrected chi connectivity index (χ4v) is 3.37. The average Bonchev–Trinajstić information content (AvgIpc) is 2.65. The monoisotopic (exact) mass is 406 g/mol. The molecule has 1 saturated carbocycles. The molecular formula is C21H18F4N2O2. The molecule has 29 heavy (non-hydrogen) atoms. The minimum atomic E-state index is -4.71. The zero-order chi connectivity index (χ0) is 20.4. The quantitative estimate of drug-likeness (QED) is 0.587. The van der Waals surface area contributed by atoms with E-state index in [0.29, 0.717) is 17.9 Å². The highest BCUT2D eigenvalue weighted by Gasteiger charge is 2.32. The van der Waals surface area contributed by atoms with Gasteiger partial charge in [-0.05, 0) is 60.7 Å². The van der Waals surface area contributed by atoms with Crippen LogP contribution in [0.15, 0.2) is 54.9 Å². The lowest BCUT2D eigenvalue weighted by molar-refractivity contribution is -0.274. The van der Waals surface area contributed by atoms with Gasteiger partial charge in [0.1, 0.15) is 23.4 Å². The lowest BCUT2D eigenvalue weighted by Crippen LogP contribution is -2.46. The number of hydrogen-bond acceptors (Lipinski definition) is 4. The van der Waals surface area contributed by atoms with Crippen molar-refractivity contribution in [2.24, 2.45) is 0 Å². The van der Waals surface area contributed by atoms with Gasteiger partial charge in [-0.2, -0.15) is 0 Å². The van der Waals surface area contributed by atoms with Crippen molar-refractivity contribution in [3.8, 4) is 11.5 Å². The molecule has 0 bridgehead atoms. The molecular weight excluding hydrogens is 388 g/mol. The van der Waals surface area contributed by atoms with Crippen LogP contribution in [-0.4, -0.2) is 23.5 Å². The van der Waals surface area contributed by atoms with E-state index < -0.39 is 6.36 Å². The van der Waals surface area contributed by atoms with E-state index in [1.54, 1.807) is 24.5 Å². The molecule has 3 aromatic rings. The normalized spacial score (nSPS) is 19.0. The highest BCUT2D eigenvalue weighted by Crippen LogP contribution is 2.29. The van der Waals surface area contributed by atoms with Crippen molar-refractivity contribution in [2.75, 3.05) is 0 Å². The summed E-state index contributed by atoms with van der Waals surface area (Å²) in [5, 5.41) is 5.06. The van der Waals surface area contributed by atoms with E-state index in [0.717, 1.165) is 23.6 Å². The van der Waals surface area contributed by atoms with E-state index in [1.807, 2.05) is 0 Å². The van der Waals surface area contributed by atoms with Crippen LogP contribution in [0.5, 0.6) is 11.5 Å². The standard InChI is InChI=1S/C21H18F4N2O2/c22-20-6-1-13-11-26-8-7-18(13)19(20)12-27-14-9-17(10-14)28-15-2-4-16(5-3-15)29-21(23,24)25/h1-8,11,14,17,27H,9-10,12H2. The lowest BCUT2D eigenvalue weighted by atomic mass is 9.89. The molecule has 4 nitrogen and oxygen atoms in total. The zero-order valence-corrected chi connectivity index (χ0v) is 15.2. The summed E-state index contributed by atoms with van der Waals surface area (Å²) in [4.78, 5) is 4.06. The molecule has 0 spiro atoms. The van der Waals surface area contributed by atoms with E-state index >= 15 is 0 Å². The maximum absolute atomic E-state index is 14.2. The summed E-state index contributed by atoms with van der Waals surface area (Å²) >= 11 is 0. The molecule has 1 heterocycles. The Hall–Kier alpha value is -2.87. The summed E-state index contributed by atoms with van der Waals surface area (Å²) in [5.41, 5.74) is 0.606. The van der Waals surface area contributed by atoms with Gasteiger partial charge in [0, 0.05) is 35.9 Å². The summed E-state index contributed by atoms with van der Waals surface area (Å²) in [5.74, 6) is -0.0645. The molecule has 0 saturated heterocycles. The number of aromatic nitrogens is 1. The molecule has 1 aliphatic carbocycles. The first-order valence-corrected chi connectivity index (χ1v) is 9.14. The first kappa shape index (κ1) is 19.4. The minimum absolute atomic E-state index is 0.0385. The Bertz CT molecular complexity index is 986. The van der Waals surface area contributed by atoms with Crippen LogP contribution < -0.4 is 14.8 Å². The van der Waals surface area contributed by atoms with E-state index in [-0.39, 0.29) is 23.7 Å². The number of nitrogens with one attached hydrogen (secondary N) is 1. The number of benzene rings is 2. The van der Waals surface area contributed by atoms with Crippen molar-refractivity contribution < 1.29 is 27.0 Å². The predicted molar refractivity (Wildman–Crippen MR) is 99.1 cm³/mol. The highest BCUT2D eigenvalue weighted by molar-refractivity contribution is 5.84. The summed E-state index contributed by atoms with van der Waals surface area (Å²) < 4.78 is 60.3. The Morgan fingerprint density at radius 1 is 1.00 bits per heavy atom. The van der Waals surface area contributed by atoms with Crippen LogP contribution in [0.4, 0.5) is 17.6 Å². The summed E-state index contributed by atoms with van der Waals surface area (Å²) in [6, 6.07) is 10.5. The van der Waals surface area contributed by atoms with Crippen molar-refractivity contribution in [3.05, 3.63) is 66.2 Å². The van der Waals surface area contributed by atoms with Gasteiger partial charge < -0.3 is 14.8 Å². The predicted octanol–water partition coefficient (Wildman–Crippen LogP) is 4.97. The van der Waals surface area contributed by atoms with Crippen molar-refractivity contribution in [1.82, 2.24) is 10.3 Å². The van der Waals surface area contributed by atoms with E-state index in [2.05, 4.69) is 15.0 Å². The molecule has 4 rings (SSSR count). The second kappa shape index (κ2) is 7.87. The molecule has 1 fully saturated rings. The second-order valence-electron chi connectivity index (χ2n) is 6.93. The van der Waals surface area contributed by atoms with Gasteiger partial charge in [-0.25, -0.2) is 4.39 Å². The van der Waals surface area contributed by atoms with E-state index in [1.165, 1.54) is 30.3 Å². The second-order valence-corrected chi connectivity index (χ2v) is 6.93. The van der Waals surface area contributed by atoms with Crippen LogP contribution in [0.25, 0.3) is 10.8 Å². The van der Waals surface area contributed by atoms with Gasteiger partial charge in [0.15, 0.2) is 0 Å². The number of rotatable bonds is 6. The third kappa shape index (κ3) is 4.76. The van der Waals surface area contributed by atoms with Crippen LogP contribution in [-0.2, 0) is 6.54 Å². The molecule has 1 aliphatic rings. The van der Waals surface area contributed by atoms with Gasteiger partial charge in [-0.15, -0.1) is 13.2 Å². The smallest absolute Gasteiger partial charge is 0.490 e. The Labute approximate surface area is 164 Å². The molecule has 1 aromatic heterocycles. The van der Waals surface area contributed by atoms with E-state index in [9.17, 15) is 17.6 Å². The van der Waals surface area contributed by atoms with Crippen LogP contribution in [0, 0.1) is 5.82 Å². The van der Waals surface area contributed by atoms with Gasteiger partial charge in [0.2, 0.25) is 0 Å². The largest absolute Gasteiger partial charge is 0.573 e. The van der Waals surface area contributed by atoms with Crippen LogP contribution in [0.2, 0.25) is 0 Å². The summed E-state index contributed by atoms with van der Waals surface area (Å²) in [6.07, 6.45) is 0.0576. The number of alkyl halides is 3. The fraction of sp³-hybridized carbons (Fsp3) is 0.286. The number of fused-ring (bicyclic) bond motifs is 1. The van der Waals surface area contributed by atoms with Gasteiger partial charge in [-0.3, -0.25) is 4.98 Å². The third-order valence-electron chi connectivity index (χ3n) is 4.90. The highest BCUT2D eigenvalue weighted by atomic mass is 19.4. The topological polar surface area (TPSA) is 43.4 Å². The van der Waals surface area contributed by atoms with Gasteiger partial charge in [0.05, 0.1) is 0 Å². The molecule has 1 N–H and O–H groups in total. The van der Waals surface area contributed by atoms with E-state index in [4.69, 9.17) is 4.74 Å². The Balaban J connectivity index is 1.28. The van der Waals surface area contributed by atoms with Crippen molar-refractivity contribution >= 4 is 10.8 Å². The maximum Gasteiger partial charge on any atom is 0.573 e. The molecule has 0 amide bonds. The molecule has 0 atom stereocenters. The van der Waals surface area contributed by atoms with Gasteiger partial charge in [-0.1, -0.05) is 0 Å². The third-order valence-corrected chi connectivity index (χ3v) is 4.90. The summed E-state index contributed by atoms with van der Waals surface area (Å²) in [6.45, 7) is 0.397. The Morgan fingerprint density at radius 2 is 1.72 bits per heavy atom. The van der Waals surface area contributed by atoms with Crippen LogP contribution >= 0.6 is 0 Å². The van der Waals surface area contributed by atoms with Crippen LogP contribution in [0.1, 0.15) is 18.4 Å². The molecule has 8 heteroatoms. The Kier molecular flexibility index (Phi) is 5.27. The van der Waals surface area contributed by atoms with Crippen LogP contribution in [0.3, 0.4) is 0 Å². The molecule has 0 aliphatic heterocycles. The first-order valence-electron chi connectivity index (χ1n) is 9.14. The minimum Gasteiger partial charge on any atom is -0.490 e. The van der Waals surface area contributed by atoms with Crippen molar-refractivity contribution in [3.63, 3.8) is 0 Å². The first-order chi connectivity index (χ1) is 13.9. The zero-order valence-electron chi connectivity index (χ0n) is 15.2. The number of hydrogen-bond donors (Lipinski definition) is 1. The summed E-state index contributed by atoms with van der Waals surface area (Å²) in [7, 11) is 0. The molecule has 152 valence electrons. The fourth-order valence-electron chi connectivity index (χ4n) is 3.37. The molecule has 0 unspecified atom stereocenters.